The van der Waals surface area contributed by atoms with Gasteiger partial charge in [0.25, 0.3) is 5.89 Å². The number of likely N-dealkylation sites (tertiary alicyclic amines) is 1. The van der Waals surface area contributed by atoms with Gasteiger partial charge in [-0.1, -0.05) is 6.07 Å². The zero-order valence-corrected chi connectivity index (χ0v) is 27.0. The Bertz CT molecular complexity index is 1810. The molecule has 0 radical (unpaired) electrons. The van der Waals surface area contributed by atoms with Gasteiger partial charge in [-0.25, -0.2) is 9.18 Å². The van der Waals surface area contributed by atoms with E-state index < -0.39 is 59.3 Å². The van der Waals surface area contributed by atoms with Gasteiger partial charge in [0, 0.05) is 24.7 Å². The van der Waals surface area contributed by atoms with Gasteiger partial charge in [0.05, 0.1) is 23.2 Å². The SMILES string of the molecule is CC(C)(C)OC(=O)N1CCC(c2ccc(-c3nnc(CN(C(=O)Cc4ccc(C(F)(F)F)cc4C(F)(F)F)c4ccc(F)cc4)o3)nn2)CC1. The Morgan fingerprint density at radius 2 is 1.56 bits per heavy atom. The third kappa shape index (κ3) is 8.92. The van der Waals surface area contributed by atoms with Gasteiger partial charge in [-0.05, 0) is 87.7 Å². The smallest absolute Gasteiger partial charge is 0.416 e. The van der Waals surface area contributed by atoms with E-state index in [9.17, 15) is 40.3 Å². The van der Waals surface area contributed by atoms with Gasteiger partial charge >= 0.3 is 18.4 Å². The molecular weight excluding hydrogens is 677 g/mol. The maximum absolute atomic E-state index is 13.8. The van der Waals surface area contributed by atoms with E-state index in [1.165, 1.54) is 12.1 Å². The summed E-state index contributed by atoms with van der Waals surface area (Å²) in [6.45, 7) is 5.88. The first kappa shape index (κ1) is 36.2. The van der Waals surface area contributed by atoms with Crippen molar-refractivity contribution in [2.75, 3.05) is 18.0 Å². The molecule has 0 N–H and O–H groups in total. The normalized spacial score (nSPS) is 14.5. The summed E-state index contributed by atoms with van der Waals surface area (Å²) in [6.07, 6.45) is -10.3. The molecule has 1 saturated heterocycles. The van der Waals surface area contributed by atoms with Gasteiger partial charge in [-0.3, -0.25) is 4.79 Å². The number of amides is 2. The maximum atomic E-state index is 13.8. The second-order valence-corrected chi connectivity index (χ2v) is 12.6. The number of hydrogen-bond acceptors (Lipinski definition) is 8. The maximum Gasteiger partial charge on any atom is 0.416 e. The average molecular weight is 709 g/mol. The van der Waals surface area contributed by atoms with Crippen molar-refractivity contribution < 1.29 is 49.5 Å². The predicted molar refractivity (Wildman–Crippen MR) is 163 cm³/mol. The van der Waals surface area contributed by atoms with Crippen LogP contribution in [0.15, 0.2) is 59.0 Å². The van der Waals surface area contributed by atoms with Crippen LogP contribution < -0.4 is 4.90 Å². The first-order valence-corrected chi connectivity index (χ1v) is 15.3. The molecule has 10 nitrogen and oxygen atoms in total. The number of carbonyl (C=O) groups is 2. The second kappa shape index (κ2) is 14.0. The van der Waals surface area contributed by atoms with Gasteiger partial charge in [0.15, 0.2) is 0 Å². The molecule has 1 aliphatic heterocycles. The molecule has 0 atom stereocenters. The highest BCUT2D eigenvalue weighted by Crippen LogP contribution is 2.38. The van der Waals surface area contributed by atoms with Crippen LogP contribution in [0.1, 0.15) is 67.8 Å². The van der Waals surface area contributed by atoms with Gasteiger partial charge in [0.1, 0.15) is 23.7 Å². The molecule has 5 rings (SSSR count). The van der Waals surface area contributed by atoms with Crippen molar-refractivity contribution in [2.24, 2.45) is 0 Å². The van der Waals surface area contributed by atoms with Gasteiger partial charge in [-0.2, -0.15) is 31.4 Å². The van der Waals surface area contributed by atoms with Crippen molar-refractivity contribution in [1.82, 2.24) is 25.3 Å². The molecule has 0 unspecified atom stereocenters. The average Bonchev–Trinajstić information content (AvgIpc) is 3.51. The van der Waals surface area contributed by atoms with Crippen molar-refractivity contribution in [3.8, 4) is 11.6 Å². The molecule has 0 bridgehead atoms. The summed E-state index contributed by atoms with van der Waals surface area (Å²) < 4.78 is 106. The van der Waals surface area contributed by atoms with Crippen molar-refractivity contribution in [3.05, 3.63) is 88.7 Å². The summed E-state index contributed by atoms with van der Waals surface area (Å²) in [5, 5.41) is 16.3. The minimum atomic E-state index is -5.19. The van der Waals surface area contributed by atoms with Crippen molar-refractivity contribution >= 4 is 17.7 Å². The quantitative estimate of drug-likeness (QED) is 0.181. The molecular formula is C33H31F7N6O4. The van der Waals surface area contributed by atoms with Crippen molar-refractivity contribution in [2.45, 2.75) is 70.4 Å². The van der Waals surface area contributed by atoms with E-state index in [1.807, 2.05) is 0 Å². The summed E-state index contributed by atoms with van der Waals surface area (Å²) in [5.74, 6) is -1.83. The molecule has 4 aromatic rings. The van der Waals surface area contributed by atoms with Crippen LogP contribution in [0.2, 0.25) is 0 Å². The lowest BCUT2D eigenvalue weighted by molar-refractivity contribution is -0.143. The number of rotatable bonds is 7. The number of ether oxygens (including phenoxy) is 1. The third-order valence-corrected chi connectivity index (χ3v) is 7.75. The summed E-state index contributed by atoms with van der Waals surface area (Å²) in [5.41, 5.74) is -3.50. The lowest BCUT2D eigenvalue weighted by Gasteiger charge is -2.33. The van der Waals surface area contributed by atoms with Gasteiger partial charge in [0.2, 0.25) is 11.8 Å². The molecule has 1 aliphatic rings. The highest BCUT2D eigenvalue weighted by molar-refractivity contribution is 5.94. The predicted octanol–water partition coefficient (Wildman–Crippen LogP) is 7.59. The number of piperidine rings is 1. The van der Waals surface area contributed by atoms with Crippen molar-refractivity contribution in [3.63, 3.8) is 0 Å². The molecule has 17 heteroatoms. The number of benzene rings is 2. The number of anilines is 1. The fourth-order valence-corrected chi connectivity index (χ4v) is 5.29. The fourth-order valence-electron chi connectivity index (χ4n) is 5.29. The topological polar surface area (TPSA) is 115 Å². The minimum absolute atomic E-state index is 0.0336. The number of nitrogens with zero attached hydrogens (tertiary/aromatic N) is 6. The Balaban J connectivity index is 1.31. The lowest BCUT2D eigenvalue weighted by Crippen LogP contribution is -2.41. The fraction of sp³-hybridized carbons (Fsp3) is 0.394. The molecule has 0 aliphatic carbocycles. The number of carbonyl (C=O) groups excluding carboxylic acids is 2. The number of halogens is 7. The Morgan fingerprint density at radius 3 is 2.14 bits per heavy atom. The third-order valence-electron chi connectivity index (χ3n) is 7.75. The zero-order chi connectivity index (χ0) is 36.4. The minimum Gasteiger partial charge on any atom is -0.444 e. The van der Waals surface area contributed by atoms with Crippen LogP contribution in [0.25, 0.3) is 11.6 Å². The van der Waals surface area contributed by atoms with Crippen LogP contribution in [0.4, 0.5) is 41.2 Å². The number of alkyl halides is 6. The molecule has 50 heavy (non-hydrogen) atoms. The Morgan fingerprint density at radius 1 is 0.880 bits per heavy atom. The summed E-state index contributed by atoms with van der Waals surface area (Å²) in [4.78, 5) is 28.4. The van der Waals surface area contributed by atoms with Crippen LogP contribution in [0.3, 0.4) is 0 Å². The highest BCUT2D eigenvalue weighted by atomic mass is 19.4. The molecule has 0 spiro atoms. The van der Waals surface area contributed by atoms with Crippen LogP contribution in [0.5, 0.6) is 0 Å². The first-order valence-electron chi connectivity index (χ1n) is 15.3. The highest BCUT2D eigenvalue weighted by Gasteiger charge is 2.39. The Kier molecular flexibility index (Phi) is 10.2. The zero-order valence-electron chi connectivity index (χ0n) is 27.0. The second-order valence-electron chi connectivity index (χ2n) is 12.6. The van der Waals surface area contributed by atoms with E-state index in [0.29, 0.717) is 43.8 Å². The summed E-state index contributed by atoms with van der Waals surface area (Å²) in [7, 11) is 0. The molecule has 2 amide bonds. The standard InChI is InChI=1S/C33H31F7N6O4/c1-31(2,3)50-30(48)45-14-12-19(13-15-45)25-10-11-26(42-41-25)29-44-43-27(49-29)18-46(23-8-6-22(34)7-9-23)28(47)16-20-4-5-21(32(35,36)37)17-24(20)33(38,39)40/h4-11,17,19H,12-16,18H2,1-3H3. The van der Waals surface area contributed by atoms with Gasteiger partial charge in [-0.15, -0.1) is 15.3 Å². The number of aromatic nitrogens is 4. The van der Waals surface area contributed by atoms with E-state index >= 15 is 0 Å². The van der Waals surface area contributed by atoms with Crippen LogP contribution in [-0.2, 0) is 34.8 Å². The van der Waals surface area contributed by atoms with E-state index in [-0.39, 0.29) is 41.2 Å². The Hall–Kier alpha value is -5.09. The monoisotopic (exact) mass is 708 g/mol. The first-order chi connectivity index (χ1) is 23.4. The molecule has 2 aromatic carbocycles. The number of hydrogen-bond donors (Lipinski definition) is 0. The molecule has 266 valence electrons. The summed E-state index contributed by atoms with van der Waals surface area (Å²) in [6, 6.07) is 8.79. The van der Waals surface area contributed by atoms with E-state index in [4.69, 9.17) is 9.15 Å². The summed E-state index contributed by atoms with van der Waals surface area (Å²) >= 11 is 0. The molecule has 0 saturated carbocycles. The molecule has 3 heterocycles. The van der Waals surface area contributed by atoms with Crippen LogP contribution in [0, 0.1) is 5.82 Å². The Labute approximate surface area is 281 Å². The molecule has 2 aromatic heterocycles. The van der Waals surface area contributed by atoms with Crippen LogP contribution >= 0.6 is 0 Å². The van der Waals surface area contributed by atoms with E-state index in [0.717, 1.165) is 17.0 Å². The lowest BCUT2D eigenvalue weighted by atomic mass is 9.93. The van der Waals surface area contributed by atoms with E-state index in [2.05, 4.69) is 20.4 Å². The van der Waals surface area contributed by atoms with Gasteiger partial charge < -0.3 is 19.0 Å². The van der Waals surface area contributed by atoms with Crippen LogP contribution in [-0.4, -0.2) is 56.0 Å². The molecule has 1 fully saturated rings. The van der Waals surface area contributed by atoms with Crippen molar-refractivity contribution in [1.29, 1.82) is 0 Å². The van der Waals surface area contributed by atoms with E-state index in [1.54, 1.807) is 37.8 Å². The largest absolute Gasteiger partial charge is 0.444 e.